The topological polar surface area (TPSA) is 54.4 Å². The number of alkyl halides is 1. The summed E-state index contributed by atoms with van der Waals surface area (Å²) in [7, 11) is 0. The molecule has 0 amide bonds. The van der Waals surface area contributed by atoms with E-state index in [1.165, 1.54) is 6.07 Å². The fourth-order valence-electron chi connectivity index (χ4n) is 0.908. The molecular weight excluding hydrogens is 246 g/mol. The van der Waals surface area contributed by atoms with E-state index in [0.717, 1.165) is 12.1 Å². The molecule has 15 heavy (non-hydrogen) atoms. The summed E-state index contributed by atoms with van der Waals surface area (Å²) in [5.41, 5.74) is -0.126. The molecule has 0 aliphatic carbocycles. The van der Waals surface area contributed by atoms with Crippen LogP contribution >= 0.6 is 23.2 Å². The van der Waals surface area contributed by atoms with E-state index in [1.807, 2.05) is 0 Å². The van der Waals surface area contributed by atoms with E-state index in [0.29, 0.717) is 0 Å². The minimum Gasteiger partial charge on any atom is -0.480 e. The van der Waals surface area contributed by atoms with Gasteiger partial charge in [-0.3, -0.25) is 9.59 Å². The average molecular weight is 251 g/mol. The van der Waals surface area contributed by atoms with Crippen molar-refractivity contribution >= 4 is 35.0 Å². The summed E-state index contributed by atoms with van der Waals surface area (Å²) >= 11 is 10.7. The molecule has 3 nitrogen and oxygen atoms in total. The van der Waals surface area contributed by atoms with Crippen LogP contribution in [0.5, 0.6) is 0 Å². The van der Waals surface area contributed by atoms with Crippen LogP contribution in [0, 0.1) is 5.82 Å². The van der Waals surface area contributed by atoms with E-state index in [1.54, 1.807) is 0 Å². The third-order valence-electron chi connectivity index (χ3n) is 1.65. The number of aliphatic carboxylic acids is 1. The van der Waals surface area contributed by atoms with Crippen LogP contribution < -0.4 is 0 Å². The number of carbonyl (C=O) groups is 2. The number of Topliss-reactive ketones (excluding diaryl/α,β-unsaturated/α-hetero) is 1. The molecule has 0 fully saturated rings. The van der Waals surface area contributed by atoms with Gasteiger partial charge in [-0.1, -0.05) is 11.6 Å². The van der Waals surface area contributed by atoms with Crippen LogP contribution in [0.2, 0.25) is 5.02 Å². The zero-order chi connectivity index (χ0) is 11.6. The lowest BCUT2D eigenvalue weighted by atomic mass is 10.1. The van der Waals surface area contributed by atoms with E-state index in [2.05, 4.69) is 0 Å². The first-order valence-electron chi connectivity index (χ1n) is 3.79. The van der Waals surface area contributed by atoms with Crippen molar-refractivity contribution in [2.24, 2.45) is 0 Å². The molecule has 0 aliphatic rings. The SMILES string of the molecule is O=C(O)C(Cl)C(=O)c1ccc(Cl)c(F)c1. The largest absolute Gasteiger partial charge is 0.480 e. The van der Waals surface area contributed by atoms with Crippen molar-refractivity contribution in [3.63, 3.8) is 0 Å². The number of hydrogen-bond donors (Lipinski definition) is 1. The number of carboxylic acids is 1. The number of hydrogen-bond acceptors (Lipinski definition) is 2. The zero-order valence-corrected chi connectivity index (χ0v) is 8.72. The summed E-state index contributed by atoms with van der Waals surface area (Å²) in [5.74, 6) is -3.14. The third kappa shape index (κ3) is 2.67. The number of ketones is 1. The summed E-state index contributed by atoms with van der Waals surface area (Å²) in [6, 6.07) is 3.23. The van der Waals surface area contributed by atoms with Gasteiger partial charge in [-0.15, -0.1) is 11.6 Å². The molecule has 0 bridgehead atoms. The Kier molecular flexibility index (Phi) is 3.66. The fourth-order valence-corrected chi connectivity index (χ4v) is 1.15. The molecule has 6 heteroatoms. The number of carboxylic acid groups (broad SMARTS) is 1. The van der Waals surface area contributed by atoms with Crippen LogP contribution in [0.4, 0.5) is 4.39 Å². The lowest BCUT2D eigenvalue weighted by Gasteiger charge is -2.03. The van der Waals surface area contributed by atoms with Gasteiger partial charge in [0, 0.05) is 5.56 Å². The van der Waals surface area contributed by atoms with Crippen molar-refractivity contribution in [2.45, 2.75) is 5.38 Å². The van der Waals surface area contributed by atoms with Crippen LogP contribution in [0.3, 0.4) is 0 Å². The highest BCUT2D eigenvalue weighted by Gasteiger charge is 2.24. The molecule has 0 heterocycles. The number of carbonyl (C=O) groups excluding carboxylic acids is 1. The number of rotatable bonds is 3. The summed E-state index contributed by atoms with van der Waals surface area (Å²) in [4.78, 5) is 21.7. The van der Waals surface area contributed by atoms with E-state index in [9.17, 15) is 14.0 Å². The molecule has 1 rings (SSSR count). The van der Waals surface area contributed by atoms with Crippen molar-refractivity contribution in [3.05, 3.63) is 34.6 Å². The molecule has 0 saturated heterocycles. The Morgan fingerprint density at radius 1 is 1.40 bits per heavy atom. The second-order valence-electron chi connectivity index (χ2n) is 2.69. The van der Waals surface area contributed by atoms with Gasteiger partial charge in [-0.2, -0.15) is 0 Å². The molecule has 0 aromatic heterocycles. The van der Waals surface area contributed by atoms with E-state index in [-0.39, 0.29) is 10.6 Å². The maximum Gasteiger partial charge on any atom is 0.329 e. The minimum atomic E-state index is -1.72. The highest BCUT2D eigenvalue weighted by atomic mass is 35.5. The summed E-state index contributed by atoms with van der Waals surface area (Å²) in [5, 5.41) is 6.60. The highest BCUT2D eigenvalue weighted by molar-refractivity contribution is 6.43. The monoisotopic (exact) mass is 250 g/mol. The van der Waals surface area contributed by atoms with Gasteiger partial charge in [-0.25, -0.2) is 4.39 Å². The second kappa shape index (κ2) is 4.59. The van der Waals surface area contributed by atoms with Crippen molar-refractivity contribution < 1.29 is 19.1 Å². The van der Waals surface area contributed by atoms with Gasteiger partial charge in [-0.05, 0) is 18.2 Å². The molecular formula is C9H5Cl2FO3. The minimum absolute atomic E-state index is 0.126. The Bertz CT molecular complexity index is 420. The van der Waals surface area contributed by atoms with Crippen LogP contribution in [-0.2, 0) is 4.79 Å². The number of halogens is 3. The molecule has 0 radical (unpaired) electrons. The fraction of sp³-hybridized carbons (Fsp3) is 0.111. The molecule has 1 atom stereocenters. The predicted molar refractivity (Wildman–Crippen MR) is 53.0 cm³/mol. The first-order chi connectivity index (χ1) is 6.93. The lowest BCUT2D eigenvalue weighted by molar-refractivity contribution is -0.135. The van der Waals surface area contributed by atoms with Gasteiger partial charge in [0.05, 0.1) is 5.02 Å². The van der Waals surface area contributed by atoms with Gasteiger partial charge < -0.3 is 5.11 Å². The lowest BCUT2D eigenvalue weighted by Crippen LogP contribution is -2.24. The van der Waals surface area contributed by atoms with Gasteiger partial charge in [0.25, 0.3) is 0 Å². The van der Waals surface area contributed by atoms with E-state index in [4.69, 9.17) is 28.3 Å². The maximum atomic E-state index is 12.9. The molecule has 1 unspecified atom stereocenters. The van der Waals surface area contributed by atoms with E-state index >= 15 is 0 Å². The van der Waals surface area contributed by atoms with Gasteiger partial charge in [0.1, 0.15) is 5.82 Å². The van der Waals surface area contributed by atoms with Gasteiger partial charge in [0.15, 0.2) is 11.2 Å². The third-order valence-corrected chi connectivity index (χ3v) is 2.34. The predicted octanol–water partition coefficient (Wildman–Crippen LogP) is 2.35. The smallest absolute Gasteiger partial charge is 0.329 e. The second-order valence-corrected chi connectivity index (χ2v) is 3.54. The summed E-state index contributed by atoms with van der Waals surface area (Å²) in [6.07, 6.45) is 0. The Morgan fingerprint density at radius 2 is 2.00 bits per heavy atom. The maximum absolute atomic E-state index is 12.9. The summed E-state index contributed by atoms with van der Waals surface area (Å²) in [6.45, 7) is 0. The van der Waals surface area contributed by atoms with Crippen molar-refractivity contribution in [2.75, 3.05) is 0 Å². The molecule has 1 aromatic carbocycles. The first kappa shape index (κ1) is 11.9. The first-order valence-corrected chi connectivity index (χ1v) is 4.61. The van der Waals surface area contributed by atoms with Crippen LogP contribution in [0.15, 0.2) is 18.2 Å². The van der Waals surface area contributed by atoms with Crippen LogP contribution in [0.25, 0.3) is 0 Å². The Balaban J connectivity index is 3.02. The number of benzene rings is 1. The quantitative estimate of drug-likeness (QED) is 0.509. The Labute approximate surface area is 94.4 Å². The standard InChI is InChI=1S/C9H5Cl2FO3/c10-5-2-1-4(3-6(5)12)8(13)7(11)9(14)15/h1-3,7H,(H,14,15). The molecule has 0 aliphatic heterocycles. The van der Waals surface area contributed by atoms with Crippen molar-refractivity contribution in [1.29, 1.82) is 0 Å². The Hall–Kier alpha value is -1.13. The summed E-state index contributed by atoms with van der Waals surface area (Å²) < 4.78 is 12.9. The molecule has 0 saturated carbocycles. The zero-order valence-electron chi connectivity index (χ0n) is 7.21. The van der Waals surface area contributed by atoms with E-state index < -0.39 is 22.9 Å². The normalized spacial score (nSPS) is 12.2. The average Bonchev–Trinajstić information content (AvgIpc) is 2.19. The highest BCUT2D eigenvalue weighted by Crippen LogP contribution is 2.17. The van der Waals surface area contributed by atoms with Crippen LogP contribution in [-0.4, -0.2) is 22.2 Å². The Morgan fingerprint density at radius 3 is 2.47 bits per heavy atom. The van der Waals surface area contributed by atoms with Crippen molar-refractivity contribution in [3.8, 4) is 0 Å². The van der Waals surface area contributed by atoms with Crippen LogP contribution in [0.1, 0.15) is 10.4 Å². The molecule has 1 aromatic rings. The van der Waals surface area contributed by atoms with Crippen molar-refractivity contribution in [1.82, 2.24) is 0 Å². The molecule has 1 N–H and O–H groups in total. The molecule has 0 spiro atoms. The van der Waals surface area contributed by atoms with Gasteiger partial charge in [0.2, 0.25) is 0 Å². The van der Waals surface area contributed by atoms with Gasteiger partial charge >= 0.3 is 5.97 Å². The molecule has 80 valence electrons.